The van der Waals surface area contributed by atoms with E-state index in [1.54, 1.807) is 24.3 Å². The van der Waals surface area contributed by atoms with E-state index in [4.69, 9.17) is 4.74 Å². The Bertz CT molecular complexity index is 997. The number of fused-ring (bicyclic) bond motifs is 1. The predicted molar refractivity (Wildman–Crippen MR) is 110 cm³/mol. The monoisotopic (exact) mass is 375 g/mol. The molecule has 0 atom stereocenters. The van der Waals surface area contributed by atoms with Crippen molar-refractivity contribution in [2.24, 2.45) is 0 Å². The molecule has 6 heteroatoms. The first-order valence-electron chi connectivity index (χ1n) is 9.25. The highest BCUT2D eigenvalue weighted by Gasteiger charge is 2.23. The zero-order valence-corrected chi connectivity index (χ0v) is 15.3. The van der Waals surface area contributed by atoms with Crippen LogP contribution in [-0.2, 0) is 4.79 Å². The van der Waals surface area contributed by atoms with Crippen LogP contribution in [-0.4, -0.2) is 24.6 Å². The first-order valence-corrected chi connectivity index (χ1v) is 9.25. The molecule has 28 heavy (non-hydrogen) atoms. The van der Waals surface area contributed by atoms with Gasteiger partial charge < -0.3 is 20.7 Å². The van der Waals surface area contributed by atoms with Crippen molar-refractivity contribution in [3.05, 3.63) is 66.7 Å². The van der Waals surface area contributed by atoms with Gasteiger partial charge in [0.05, 0.1) is 0 Å². The van der Waals surface area contributed by atoms with E-state index in [-0.39, 0.29) is 18.5 Å². The number of anilines is 2. The third kappa shape index (κ3) is 4.79. The summed E-state index contributed by atoms with van der Waals surface area (Å²) in [6, 6.07) is 20.8. The molecule has 1 aliphatic rings. The normalized spacial score (nSPS) is 13.0. The lowest BCUT2D eigenvalue weighted by atomic mass is 10.1. The van der Waals surface area contributed by atoms with E-state index < -0.39 is 0 Å². The van der Waals surface area contributed by atoms with Crippen molar-refractivity contribution in [1.82, 2.24) is 5.32 Å². The first kappa shape index (κ1) is 17.9. The zero-order valence-electron chi connectivity index (χ0n) is 15.3. The second-order valence-corrected chi connectivity index (χ2v) is 6.80. The number of hydrogen-bond acceptors (Lipinski definition) is 3. The zero-order chi connectivity index (χ0) is 19.3. The van der Waals surface area contributed by atoms with Gasteiger partial charge in [-0.3, -0.25) is 4.79 Å². The molecule has 0 unspecified atom stereocenters. The Balaban J connectivity index is 1.27. The maximum absolute atomic E-state index is 12.1. The van der Waals surface area contributed by atoms with Crippen LogP contribution in [0.3, 0.4) is 0 Å². The van der Waals surface area contributed by atoms with Gasteiger partial charge in [-0.15, -0.1) is 0 Å². The van der Waals surface area contributed by atoms with Crippen molar-refractivity contribution in [2.45, 2.75) is 18.9 Å². The summed E-state index contributed by atoms with van der Waals surface area (Å²) >= 11 is 0. The Kier molecular flexibility index (Phi) is 5.10. The van der Waals surface area contributed by atoms with E-state index >= 15 is 0 Å². The number of carbonyl (C=O) groups excluding carboxylic acids is 2. The van der Waals surface area contributed by atoms with Gasteiger partial charge in [-0.05, 0) is 60.0 Å². The van der Waals surface area contributed by atoms with E-state index in [9.17, 15) is 9.59 Å². The predicted octanol–water partition coefficient (Wildman–Crippen LogP) is 4.14. The third-order valence-electron chi connectivity index (χ3n) is 4.43. The molecular formula is C22H21N3O3. The minimum Gasteiger partial charge on any atom is -0.484 e. The molecule has 1 aliphatic carbocycles. The van der Waals surface area contributed by atoms with Gasteiger partial charge in [0.25, 0.3) is 5.91 Å². The number of nitrogens with one attached hydrogen (secondary N) is 3. The Hall–Kier alpha value is -3.54. The topological polar surface area (TPSA) is 79.5 Å². The number of carbonyl (C=O) groups is 2. The average Bonchev–Trinajstić information content (AvgIpc) is 3.51. The SMILES string of the molecule is O=C(COc1ccc2ccccc2c1)Nc1ccc(NC(=O)NC2CC2)cc1. The number of rotatable bonds is 6. The van der Waals surface area contributed by atoms with Crippen molar-refractivity contribution >= 4 is 34.1 Å². The third-order valence-corrected chi connectivity index (χ3v) is 4.43. The molecule has 6 nitrogen and oxygen atoms in total. The molecule has 0 saturated heterocycles. The Morgan fingerprint density at radius 2 is 1.54 bits per heavy atom. The molecule has 4 rings (SSSR count). The van der Waals surface area contributed by atoms with Crippen LogP contribution in [0.2, 0.25) is 0 Å². The van der Waals surface area contributed by atoms with Crippen molar-refractivity contribution in [3.63, 3.8) is 0 Å². The molecule has 0 aliphatic heterocycles. The number of urea groups is 1. The van der Waals surface area contributed by atoms with E-state index in [2.05, 4.69) is 16.0 Å². The number of benzene rings is 3. The van der Waals surface area contributed by atoms with E-state index in [0.29, 0.717) is 23.2 Å². The fourth-order valence-electron chi connectivity index (χ4n) is 2.82. The van der Waals surface area contributed by atoms with Crippen LogP contribution in [0.1, 0.15) is 12.8 Å². The molecule has 3 aromatic carbocycles. The highest BCUT2D eigenvalue weighted by atomic mass is 16.5. The maximum Gasteiger partial charge on any atom is 0.319 e. The molecule has 0 heterocycles. The first-order chi connectivity index (χ1) is 13.7. The van der Waals surface area contributed by atoms with Gasteiger partial charge in [-0.1, -0.05) is 30.3 Å². The molecule has 0 radical (unpaired) electrons. The highest BCUT2D eigenvalue weighted by Crippen LogP contribution is 2.21. The second-order valence-electron chi connectivity index (χ2n) is 6.80. The van der Waals surface area contributed by atoms with Gasteiger partial charge >= 0.3 is 6.03 Å². The molecule has 1 saturated carbocycles. The van der Waals surface area contributed by atoms with Gasteiger partial charge in [-0.2, -0.15) is 0 Å². The van der Waals surface area contributed by atoms with E-state index in [0.717, 1.165) is 23.6 Å². The molecule has 0 bridgehead atoms. The lowest BCUT2D eigenvalue weighted by Gasteiger charge is -2.10. The van der Waals surface area contributed by atoms with Crippen LogP contribution in [0.5, 0.6) is 5.75 Å². The van der Waals surface area contributed by atoms with Crippen molar-refractivity contribution in [2.75, 3.05) is 17.2 Å². The van der Waals surface area contributed by atoms with Crippen LogP contribution in [0.15, 0.2) is 66.7 Å². The van der Waals surface area contributed by atoms with Crippen LogP contribution in [0, 0.1) is 0 Å². The molecule has 1 fully saturated rings. The van der Waals surface area contributed by atoms with Gasteiger partial charge in [0, 0.05) is 17.4 Å². The van der Waals surface area contributed by atoms with Crippen molar-refractivity contribution in [1.29, 1.82) is 0 Å². The summed E-state index contributed by atoms with van der Waals surface area (Å²) in [4.78, 5) is 23.8. The number of ether oxygens (including phenoxy) is 1. The summed E-state index contributed by atoms with van der Waals surface area (Å²) in [7, 11) is 0. The molecule has 142 valence electrons. The largest absolute Gasteiger partial charge is 0.484 e. The molecule has 0 aromatic heterocycles. The van der Waals surface area contributed by atoms with Gasteiger partial charge in [0.1, 0.15) is 5.75 Å². The summed E-state index contributed by atoms with van der Waals surface area (Å²) in [5.74, 6) is 0.399. The Labute approximate surface area is 162 Å². The fourth-order valence-corrected chi connectivity index (χ4v) is 2.82. The van der Waals surface area contributed by atoms with Crippen LogP contribution < -0.4 is 20.7 Å². The smallest absolute Gasteiger partial charge is 0.319 e. The average molecular weight is 375 g/mol. The summed E-state index contributed by atoms with van der Waals surface area (Å²) in [5, 5.41) is 10.6. The highest BCUT2D eigenvalue weighted by molar-refractivity contribution is 5.93. The van der Waals surface area contributed by atoms with Gasteiger partial charge in [0.15, 0.2) is 6.61 Å². The van der Waals surface area contributed by atoms with Gasteiger partial charge in [-0.25, -0.2) is 4.79 Å². The lowest BCUT2D eigenvalue weighted by Crippen LogP contribution is -2.30. The van der Waals surface area contributed by atoms with E-state index in [1.807, 2.05) is 42.5 Å². The Morgan fingerprint density at radius 1 is 0.857 bits per heavy atom. The number of hydrogen-bond donors (Lipinski definition) is 3. The second kappa shape index (κ2) is 8.00. The molecule has 3 aromatic rings. The molecular weight excluding hydrogens is 354 g/mol. The minimum absolute atomic E-state index is 0.0812. The van der Waals surface area contributed by atoms with Crippen LogP contribution in [0.25, 0.3) is 10.8 Å². The lowest BCUT2D eigenvalue weighted by molar-refractivity contribution is -0.118. The quantitative estimate of drug-likeness (QED) is 0.606. The van der Waals surface area contributed by atoms with Crippen molar-refractivity contribution in [3.8, 4) is 5.75 Å². The standard InChI is InChI=1S/C22H21N3O3/c26-21(14-28-20-12-5-15-3-1-2-4-16(15)13-20)23-17-6-8-18(9-7-17)24-22(27)25-19-10-11-19/h1-9,12-13,19H,10-11,14H2,(H,23,26)(H2,24,25,27). The summed E-state index contributed by atoms with van der Waals surface area (Å²) < 4.78 is 5.59. The van der Waals surface area contributed by atoms with Gasteiger partial charge in [0.2, 0.25) is 0 Å². The minimum atomic E-state index is -0.250. The van der Waals surface area contributed by atoms with Crippen molar-refractivity contribution < 1.29 is 14.3 Å². The van der Waals surface area contributed by atoms with Crippen LogP contribution >= 0.6 is 0 Å². The summed E-state index contributed by atoms with van der Waals surface area (Å²) in [6.45, 7) is -0.0812. The molecule has 3 amide bonds. The molecule has 0 spiro atoms. The number of amides is 3. The van der Waals surface area contributed by atoms with E-state index in [1.165, 1.54) is 0 Å². The molecule has 3 N–H and O–H groups in total. The summed E-state index contributed by atoms with van der Waals surface area (Å²) in [6.07, 6.45) is 2.08. The fraction of sp³-hybridized carbons (Fsp3) is 0.182. The summed E-state index contributed by atoms with van der Waals surface area (Å²) in [5.41, 5.74) is 1.31. The van der Waals surface area contributed by atoms with Crippen LogP contribution in [0.4, 0.5) is 16.2 Å². The Morgan fingerprint density at radius 3 is 2.25 bits per heavy atom. The maximum atomic E-state index is 12.1.